The fourth-order valence-corrected chi connectivity index (χ4v) is 7.64. The quantitative estimate of drug-likeness (QED) is 0.530. The van der Waals surface area contributed by atoms with Crippen molar-refractivity contribution in [2.45, 2.75) is 36.1 Å². The van der Waals surface area contributed by atoms with Gasteiger partial charge in [-0.1, -0.05) is 66.7 Å². The summed E-state index contributed by atoms with van der Waals surface area (Å²) in [5.74, 6) is -1.60. The lowest BCUT2D eigenvalue weighted by Gasteiger charge is -2.36. The van der Waals surface area contributed by atoms with Gasteiger partial charge in [0.2, 0.25) is 17.7 Å². The second kappa shape index (κ2) is 8.41. The standard InChI is InChI=1S/C24H20ClN3O4S2/c1-24(2)17-18(21(31)28(20(17)30)15-10-8-13(25)9-11-15)33-22-19(24)34-23(32)27(22)12-16(29)26-14-6-4-3-5-7-14/h3-11,17-18H,12H2,1-2H3,(H,26,29)/t17-,18+/m1/s1. The van der Waals surface area contributed by atoms with Gasteiger partial charge in [0, 0.05) is 21.0 Å². The Labute approximate surface area is 208 Å². The van der Waals surface area contributed by atoms with E-state index in [-0.39, 0.29) is 29.1 Å². The molecule has 2 aliphatic rings. The summed E-state index contributed by atoms with van der Waals surface area (Å²) in [6.07, 6.45) is 0. The van der Waals surface area contributed by atoms with Crippen molar-refractivity contribution in [3.63, 3.8) is 0 Å². The average molecular weight is 514 g/mol. The number of hydrogen-bond acceptors (Lipinski definition) is 6. The molecule has 1 fully saturated rings. The molecule has 0 radical (unpaired) electrons. The van der Waals surface area contributed by atoms with Crippen molar-refractivity contribution in [3.05, 3.63) is 74.2 Å². The van der Waals surface area contributed by atoms with Crippen molar-refractivity contribution >= 4 is 63.8 Å². The number of thiazole rings is 1. The maximum atomic E-state index is 13.4. The van der Waals surface area contributed by atoms with Crippen molar-refractivity contribution in [2.24, 2.45) is 5.92 Å². The molecule has 0 spiro atoms. The van der Waals surface area contributed by atoms with Crippen LogP contribution in [0.25, 0.3) is 0 Å². The monoisotopic (exact) mass is 513 g/mol. The molecule has 10 heteroatoms. The van der Waals surface area contributed by atoms with Crippen molar-refractivity contribution < 1.29 is 14.4 Å². The highest BCUT2D eigenvalue weighted by atomic mass is 35.5. The van der Waals surface area contributed by atoms with E-state index in [1.54, 1.807) is 36.4 Å². The van der Waals surface area contributed by atoms with Crippen LogP contribution >= 0.6 is 34.7 Å². The highest BCUT2D eigenvalue weighted by Gasteiger charge is 2.59. The maximum absolute atomic E-state index is 13.4. The minimum absolute atomic E-state index is 0.178. The number of halogens is 1. The third-order valence-corrected chi connectivity index (χ3v) is 9.22. The Kier molecular flexibility index (Phi) is 5.66. The molecule has 3 heterocycles. The number of anilines is 2. The Morgan fingerprint density at radius 1 is 1.03 bits per heavy atom. The van der Waals surface area contributed by atoms with Crippen molar-refractivity contribution in [1.29, 1.82) is 0 Å². The van der Waals surface area contributed by atoms with E-state index in [4.69, 9.17) is 11.6 Å². The topological polar surface area (TPSA) is 88.5 Å². The van der Waals surface area contributed by atoms with Gasteiger partial charge in [0.15, 0.2) is 0 Å². The highest BCUT2D eigenvalue weighted by Crippen LogP contribution is 2.54. The normalized spacial score (nSPS) is 20.7. The molecule has 174 valence electrons. The van der Waals surface area contributed by atoms with Crippen molar-refractivity contribution in [2.75, 3.05) is 10.2 Å². The summed E-state index contributed by atoms with van der Waals surface area (Å²) in [4.78, 5) is 54.0. The summed E-state index contributed by atoms with van der Waals surface area (Å²) < 4.78 is 1.41. The smallest absolute Gasteiger partial charge is 0.308 e. The number of amides is 3. The molecular formula is C24H20ClN3O4S2. The summed E-state index contributed by atoms with van der Waals surface area (Å²) in [7, 11) is 0. The van der Waals surface area contributed by atoms with Gasteiger partial charge in [-0.15, -0.1) is 0 Å². The minimum atomic E-state index is -0.760. The van der Waals surface area contributed by atoms with E-state index in [0.29, 0.717) is 21.4 Å². The van der Waals surface area contributed by atoms with Crippen molar-refractivity contribution in [1.82, 2.24) is 4.57 Å². The first kappa shape index (κ1) is 22.9. The van der Waals surface area contributed by atoms with E-state index >= 15 is 0 Å². The first-order chi connectivity index (χ1) is 16.2. The Bertz CT molecular complexity index is 1370. The molecule has 1 saturated heterocycles. The number of carbonyl (C=O) groups is 3. The first-order valence-corrected chi connectivity index (χ1v) is 12.6. The zero-order chi connectivity index (χ0) is 24.2. The SMILES string of the molecule is CC1(C)c2sc(=O)n(CC(=O)Nc3ccccc3)c2S[C@@H]2C(=O)N(c3ccc(Cl)cc3)C(=O)[C@@H]21. The molecule has 34 heavy (non-hydrogen) atoms. The molecule has 0 bridgehead atoms. The molecule has 2 aliphatic heterocycles. The van der Waals surface area contributed by atoms with Gasteiger partial charge in [-0.3, -0.25) is 23.7 Å². The number of rotatable bonds is 4. The van der Waals surface area contributed by atoms with Gasteiger partial charge in [0.1, 0.15) is 11.8 Å². The predicted molar refractivity (Wildman–Crippen MR) is 134 cm³/mol. The van der Waals surface area contributed by atoms with Crippen LogP contribution in [-0.4, -0.2) is 27.5 Å². The van der Waals surface area contributed by atoms with E-state index in [1.165, 1.54) is 21.2 Å². The summed E-state index contributed by atoms with van der Waals surface area (Å²) in [5, 5.41) is 3.18. The van der Waals surface area contributed by atoms with Crippen LogP contribution in [0.1, 0.15) is 18.7 Å². The van der Waals surface area contributed by atoms with Gasteiger partial charge in [-0.05, 0) is 36.4 Å². The van der Waals surface area contributed by atoms with E-state index in [1.807, 2.05) is 32.0 Å². The Balaban J connectivity index is 1.48. The molecule has 1 N–H and O–H groups in total. The molecule has 2 aromatic carbocycles. The number of para-hydroxylation sites is 1. The van der Waals surface area contributed by atoms with Crippen LogP contribution in [0.4, 0.5) is 11.4 Å². The Morgan fingerprint density at radius 3 is 2.38 bits per heavy atom. The van der Waals surface area contributed by atoms with E-state index in [2.05, 4.69) is 5.32 Å². The predicted octanol–water partition coefficient (Wildman–Crippen LogP) is 4.14. The van der Waals surface area contributed by atoms with Crippen LogP contribution in [0.3, 0.4) is 0 Å². The second-order valence-electron chi connectivity index (χ2n) is 8.73. The van der Waals surface area contributed by atoms with Crippen LogP contribution in [0.5, 0.6) is 0 Å². The summed E-state index contributed by atoms with van der Waals surface area (Å²) in [6.45, 7) is 3.58. The molecule has 1 aromatic heterocycles. The van der Waals surface area contributed by atoms with Crippen LogP contribution in [-0.2, 0) is 26.3 Å². The van der Waals surface area contributed by atoms with Crippen LogP contribution < -0.4 is 15.1 Å². The zero-order valence-corrected chi connectivity index (χ0v) is 20.7. The molecule has 3 amide bonds. The average Bonchev–Trinajstić information content (AvgIpc) is 3.24. The summed E-state index contributed by atoms with van der Waals surface area (Å²) in [5.41, 5.74) is 0.338. The van der Waals surface area contributed by atoms with Gasteiger partial charge in [-0.25, -0.2) is 4.90 Å². The molecule has 2 atom stereocenters. The molecule has 7 nitrogen and oxygen atoms in total. The lowest BCUT2D eigenvalue weighted by atomic mass is 9.76. The molecule has 3 aromatic rings. The van der Waals surface area contributed by atoms with Gasteiger partial charge >= 0.3 is 4.87 Å². The highest BCUT2D eigenvalue weighted by molar-refractivity contribution is 8.00. The lowest BCUT2D eigenvalue weighted by molar-refractivity contribution is -0.123. The van der Waals surface area contributed by atoms with Crippen LogP contribution in [0, 0.1) is 5.92 Å². The lowest BCUT2D eigenvalue weighted by Crippen LogP contribution is -2.41. The number of nitrogens with one attached hydrogen (secondary N) is 1. The van der Waals surface area contributed by atoms with Gasteiger partial charge in [0.25, 0.3) is 0 Å². The molecule has 5 rings (SSSR count). The number of hydrogen-bond donors (Lipinski definition) is 1. The zero-order valence-electron chi connectivity index (χ0n) is 18.3. The first-order valence-electron chi connectivity index (χ1n) is 10.6. The molecule has 0 saturated carbocycles. The number of carbonyl (C=O) groups excluding carboxylic acids is 3. The summed E-state index contributed by atoms with van der Waals surface area (Å²) >= 11 is 8.20. The number of imide groups is 1. The Morgan fingerprint density at radius 2 is 1.71 bits per heavy atom. The second-order valence-corrected chi connectivity index (χ2v) is 11.3. The number of benzene rings is 2. The number of fused-ring (bicyclic) bond motifs is 2. The minimum Gasteiger partial charge on any atom is -0.325 e. The largest absolute Gasteiger partial charge is 0.325 e. The summed E-state index contributed by atoms with van der Waals surface area (Å²) in [6, 6.07) is 15.6. The number of thioether (sulfide) groups is 1. The fraction of sp³-hybridized carbons (Fsp3) is 0.250. The third kappa shape index (κ3) is 3.68. The number of nitrogens with zero attached hydrogens (tertiary/aromatic N) is 2. The van der Waals surface area contributed by atoms with Gasteiger partial charge in [-0.2, -0.15) is 0 Å². The third-order valence-electron chi connectivity index (χ3n) is 6.15. The van der Waals surface area contributed by atoms with Gasteiger partial charge < -0.3 is 5.32 Å². The maximum Gasteiger partial charge on any atom is 0.308 e. The molecule has 0 unspecified atom stereocenters. The van der Waals surface area contributed by atoms with E-state index in [0.717, 1.165) is 16.2 Å². The fourth-order valence-electron chi connectivity index (χ4n) is 4.48. The van der Waals surface area contributed by atoms with Crippen LogP contribution in [0.15, 0.2) is 64.4 Å². The van der Waals surface area contributed by atoms with E-state index in [9.17, 15) is 19.2 Å². The van der Waals surface area contributed by atoms with Crippen LogP contribution in [0.2, 0.25) is 5.02 Å². The Hall–Kier alpha value is -2.88. The van der Waals surface area contributed by atoms with E-state index < -0.39 is 16.6 Å². The van der Waals surface area contributed by atoms with Gasteiger partial charge in [0.05, 0.1) is 16.6 Å². The molecular weight excluding hydrogens is 494 g/mol. The van der Waals surface area contributed by atoms with Crippen molar-refractivity contribution in [3.8, 4) is 0 Å². The molecule has 0 aliphatic carbocycles. The number of aromatic nitrogens is 1.